The number of nitrogens with two attached hydrogens (primary N) is 1. The molecule has 7 nitrogen and oxygen atoms in total. The fourth-order valence-electron chi connectivity index (χ4n) is 2.47. The second kappa shape index (κ2) is 7.52. The Morgan fingerprint density at radius 1 is 1.15 bits per heavy atom. The van der Waals surface area contributed by atoms with E-state index in [4.69, 9.17) is 15.0 Å². The van der Waals surface area contributed by atoms with Crippen LogP contribution in [0.3, 0.4) is 0 Å². The number of benzene rings is 2. The Kier molecular flexibility index (Phi) is 4.98. The van der Waals surface area contributed by atoms with Crippen LogP contribution in [0.2, 0.25) is 0 Å². The minimum atomic E-state index is -0.609. The predicted octanol–water partition coefficient (Wildman–Crippen LogP) is 2.63. The summed E-state index contributed by atoms with van der Waals surface area (Å²) >= 11 is 0. The van der Waals surface area contributed by atoms with Crippen LogP contribution in [-0.4, -0.2) is 24.1 Å². The van der Waals surface area contributed by atoms with E-state index >= 15 is 0 Å². The van der Waals surface area contributed by atoms with Crippen molar-refractivity contribution in [2.45, 2.75) is 6.42 Å². The molecule has 0 unspecified atom stereocenters. The monoisotopic (exact) mass is 351 g/mol. The number of aromatic nitrogens is 1. The summed E-state index contributed by atoms with van der Waals surface area (Å²) in [6.07, 6.45) is 0.000560. The lowest BCUT2D eigenvalue weighted by molar-refractivity contribution is -0.115. The molecule has 0 aliphatic heterocycles. The molecular weight excluding hydrogens is 334 g/mol. The Morgan fingerprint density at radius 3 is 2.73 bits per heavy atom. The summed E-state index contributed by atoms with van der Waals surface area (Å²) in [6.45, 7) is 0. The summed E-state index contributed by atoms with van der Waals surface area (Å²) in [5, 5.41) is 6.59. The topological polar surface area (TPSA) is 107 Å². The average molecular weight is 351 g/mol. The number of hydrogen-bond acceptors (Lipinski definition) is 5. The van der Waals surface area contributed by atoms with E-state index in [0.29, 0.717) is 22.9 Å². The van der Waals surface area contributed by atoms with Crippen molar-refractivity contribution in [1.82, 2.24) is 5.16 Å². The van der Waals surface area contributed by atoms with Gasteiger partial charge >= 0.3 is 0 Å². The quantitative estimate of drug-likeness (QED) is 0.710. The number of anilines is 1. The fourth-order valence-corrected chi connectivity index (χ4v) is 2.47. The molecule has 3 N–H and O–H groups in total. The molecule has 1 heterocycles. The molecule has 3 rings (SSSR count). The number of primary amides is 1. The van der Waals surface area contributed by atoms with Crippen LogP contribution in [0.5, 0.6) is 5.75 Å². The maximum Gasteiger partial charge on any atom is 0.250 e. The van der Waals surface area contributed by atoms with Gasteiger partial charge in [-0.2, -0.15) is 0 Å². The van der Waals surface area contributed by atoms with Crippen LogP contribution in [0.4, 0.5) is 5.69 Å². The van der Waals surface area contributed by atoms with Gasteiger partial charge in [-0.05, 0) is 24.3 Å². The van der Waals surface area contributed by atoms with Gasteiger partial charge < -0.3 is 20.3 Å². The number of carbonyl (C=O) groups is 2. The molecule has 132 valence electrons. The first kappa shape index (κ1) is 17.2. The molecule has 2 amide bonds. The number of nitrogens with one attached hydrogen (secondary N) is 1. The first-order chi connectivity index (χ1) is 12.6. The maximum atomic E-state index is 12.2. The number of methoxy groups -OCH3 is 1. The van der Waals surface area contributed by atoms with E-state index in [1.165, 1.54) is 0 Å². The molecule has 0 aliphatic rings. The molecule has 1 aromatic heterocycles. The van der Waals surface area contributed by atoms with Gasteiger partial charge in [-0.3, -0.25) is 9.59 Å². The van der Waals surface area contributed by atoms with Gasteiger partial charge in [0.25, 0.3) is 5.91 Å². The van der Waals surface area contributed by atoms with E-state index in [1.807, 2.05) is 24.3 Å². The molecule has 26 heavy (non-hydrogen) atoms. The van der Waals surface area contributed by atoms with Crippen LogP contribution in [0, 0.1) is 0 Å². The van der Waals surface area contributed by atoms with Crippen molar-refractivity contribution in [2.75, 3.05) is 12.4 Å². The van der Waals surface area contributed by atoms with Crippen molar-refractivity contribution >= 4 is 17.5 Å². The number of carbonyl (C=O) groups excluding carboxylic acids is 2. The van der Waals surface area contributed by atoms with Crippen molar-refractivity contribution in [3.63, 3.8) is 0 Å². The Balaban J connectivity index is 1.71. The molecule has 0 bridgehead atoms. The first-order valence-corrected chi connectivity index (χ1v) is 7.85. The highest BCUT2D eigenvalue weighted by Crippen LogP contribution is 2.24. The van der Waals surface area contributed by atoms with Crippen LogP contribution in [0.25, 0.3) is 11.3 Å². The second-order valence-corrected chi connectivity index (χ2v) is 5.55. The summed E-state index contributed by atoms with van der Waals surface area (Å²) in [4.78, 5) is 23.6. The maximum absolute atomic E-state index is 12.2. The molecule has 0 spiro atoms. The Bertz CT molecular complexity index is 949. The summed E-state index contributed by atoms with van der Waals surface area (Å²) in [7, 11) is 1.58. The number of amides is 2. The lowest BCUT2D eigenvalue weighted by Gasteiger charge is -2.07. The van der Waals surface area contributed by atoms with Crippen molar-refractivity contribution in [1.29, 1.82) is 0 Å². The SMILES string of the molecule is COc1cccc(-c2cc(CC(=O)Nc3ccccc3C(N)=O)no2)c1. The third-order valence-electron chi connectivity index (χ3n) is 3.72. The molecule has 0 saturated carbocycles. The van der Waals surface area contributed by atoms with E-state index in [9.17, 15) is 9.59 Å². The number of nitrogens with zero attached hydrogens (tertiary/aromatic N) is 1. The molecule has 0 aliphatic carbocycles. The number of hydrogen-bond donors (Lipinski definition) is 2. The van der Waals surface area contributed by atoms with Crippen LogP contribution in [0.1, 0.15) is 16.1 Å². The van der Waals surface area contributed by atoms with Gasteiger partial charge in [0.1, 0.15) is 5.75 Å². The summed E-state index contributed by atoms with van der Waals surface area (Å²) in [5.74, 6) is 0.289. The number of para-hydroxylation sites is 1. The van der Waals surface area contributed by atoms with Crippen LogP contribution in [-0.2, 0) is 11.2 Å². The smallest absolute Gasteiger partial charge is 0.250 e. The van der Waals surface area contributed by atoms with Gasteiger partial charge in [0, 0.05) is 11.6 Å². The molecule has 7 heteroatoms. The standard InChI is InChI=1S/C19H17N3O4/c1-25-14-6-4-5-12(9-14)17-10-13(22-26-17)11-18(23)21-16-8-3-2-7-15(16)19(20)24/h2-10H,11H2,1H3,(H2,20,24)(H,21,23). The first-order valence-electron chi connectivity index (χ1n) is 7.85. The number of ether oxygens (including phenoxy) is 1. The predicted molar refractivity (Wildman–Crippen MR) is 95.8 cm³/mol. The van der Waals surface area contributed by atoms with Gasteiger partial charge in [-0.15, -0.1) is 0 Å². The van der Waals surface area contributed by atoms with Crippen LogP contribution >= 0.6 is 0 Å². The highest BCUT2D eigenvalue weighted by molar-refractivity contribution is 6.03. The van der Waals surface area contributed by atoms with Gasteiger partial charge in [0.2, 0.25) is 5.91 Å². The second-order valence-electron chi connectivity index (χ2n) is 5.55. The Hall–Kier alpha value is -3.61. The third kappa shape index (κ3) is 3.89. The van der Waals surface area contributed by atoms with Gasteiger partial charge in [0.15, 0.2) is 5.76 Å². The molecule has 0 fully saturated rings. The van der Waals surface area contributed by atoms with E-state index in [2.05, 4.69) is 10.5 Å². The molecular formula is C19H17N3O4. The van der Waals surface area contributed by atoms with E-state index in [-0.39, 0.29) is 17.9 Å². The summed E-state index contributed by atoms with van der Waals surface area (Å²) in [5.41, 5.74) is 7.18. The minimum Gasteiger partial charge on any atom is -0.497 e. The van der Waals surface area contributed by atoms with Crippen molar-refractivity contribution < 1.29 is 18.8 Å². The van der Waals surface area contributed by atoms with E-state index in [1.54, 1.807) is 37.4 Å². The lowest BCUT2D eigenvalue weighted by atomic mass is 10.1. The molecule has 2 aromatic carbocycles. The van der Waals surface area contributed by atoms with Crippen LogP contribution < -0.4 is 15.8 Å². The normalized spacial score (nSPS) is 10.3. The fraction of sp³-hybridized carbons (Fsp3) is 0.105. The largest absolute Gasteiger partial charge is 0.497 e. The van der Waals surface area contributed by atoms with Gasteiger partial charge in [-0.1, -0.05) is 29.4 Å². The minimum absolute atomic E-state index is 0.000560. The molecule has 3 aromatic rings. The van der Waals surface area contributed by atoms with Crippen molar-refractivity contribution in [2.24, 2.45) is 5.73 Å². The summed E-state index contributed by atoms with van der Waals surface area (Å²) in [6, 6.07) is 15.6. The summed E-state index contributed by atoms with van der Waals surface area (Å²) < 4.78 is 10.5. The van der Waals surface area contributed by atoms with Crippen molar-refractivity contribution in [3.8, 4) is 17.1 Å². The zero-order chi connectivity index (χ0) is 18.5. The van der Waals surface area contributed by atoms with E-state index < -0.39 is 5.91 Å². The molecule has 0 radical (unpaired) electrons. The lowest BCUT2D eigenvalue weighted by Crippen LogP contribution is -2.19. The van der Waals surface area contributed by atoms with Crippen LogP contribution in [0.15, 0.2) is 59.1 Å². The van der Waals surface area contributed by atoms with Gasteiger partial charge in [0.05, 0.1) is 30.5 Å². The average Bonchev–Trinajstić information content (AvgIpc) is 3.10. The highest BCUT2D eigenvalue weighted by Gasteiger charge is 2.14. The van der Waals surface area contributed by atoms with Gasteiger partial charge in [-0.25, -0.2) is 0 Å². The zero-order valence-electron chi connectivity index (χ0n) is 14.1. The Labute approximate surface area is 149 Å². The van der Waals surface area contributed by atoms with Crippen molar-refractivity contribution in [3.05, 3.63) is 65.9 Å². The molecule has 0 atom stereocenters. The Morgan fingerprint density at radius 2 is 1.96 bits per heavy atom. The number of rotatable bonds is 6. The van der Waals surface area contributed by atoms with E-state index in [0.717, 1.165) is 5.56 Å². The zero-order valence-corrected chi connectivity index (χ0v) is 14.1. The molecule has 0 saturated heterocycles. The highest BCUT2D eigenvalue weighted by atomic mass is 16.5. The third-order valence-corrected chi connectivity index (χ3v) is 3.72.